The van der Waals surface area contributed by atoms with E-state index in [1.807, 2.05) is 44.2 Å². The first kappa shape index (κ1) is 17.2. The van der Waals surface area contributed by atoms with Gasteiger partial charge in [0, 0.05) is 5.69 Å². The van der Waals surface area contributed by atoms with Crippen LogP contribution in [0.5, 0.6) is 6.01 Å². The Morgan fingerprint density at radius 2 is 2.00 bits per heavy atom. The Hall–Kier alpha value is -3.20. The van der Waals surface area contributed by atoms with Crippen molar-refractivity contribution in [2.45, 2.75) is 20.4 Å². The molecular weight excluding hydrogens is 364 g/mol. The molecule has 3 heterocycles. The Kier molecular flexibility index (Phi) is 4.84. The van der Waals surface area contributed by atoms with Crippen molar-refractivity contribution in [1.29, 1.82) is 0 Å². The summed E-state index contributed by atoms with van der Waals surface area (Å²) in [5.41, 5.74) is 1.85. The molecule has 0 saturated carbocycles. The van der Waals surface area contributed by atoms with Gasteiger partial charge in [-0.3, -0.25) is 0 Å². The highest BCUT2D eigenvalue weighted by Crippen LogP contribution is 2.26. The molecule has 0 aliphatic carbocycles. The van der Waals surface area contributed by atoms with Crippen molar-refractivity contribution < 1.29 is 9.15 Å². The van der Waals surface area contributed by atoms with Crippen molar-refractivity contribution in [1.82, 2.24) is 19.9 Å². The molecule has 3 aromatic heterocycles. The first-order valence-electron chi connectivity index (χ1n) is 8.49. The molecule has 0 aliphatic rings. The van der Waals surface area contributed by atoms with Crippen LogP contribution in [0.25, 0.3) is 10.2 Å². The molecule has 1 aromatic carbocycles. The van der Waals surface area contributed by atoms with E-state index < -0.39 is 0 Å². The number of nitrogens with one attached hydrogen (secondary N) is 2. The summed E-state index contributed by atoms with van der Waals surface area (Å²) in [6, 6.07) is 9.92. The average molecular weight is 382 g/mol. The number of ether oxygens (including phenoxy) is 1. The zero-order valence-electron chi connectivity index (χ0n) is 14.9. The maximum Gasteiger partial charge on any atom is 0.323 e. The molecule has 0 aliphatic heterocycles. The predicted octanol–water partition coefficient (Wildman–Crippen LogP) is 4.14. The molecule has 138 valence electrons. The maximum atomic E-state index is 5.46. The fourth-order valence-corrected chi connectivity index (χ4v) is 3.38. The van der Waals surface area contributed by atoms with Gasteiger partial charge in [-0.1, -0.05) is 0 Å². The Balaban J connectivity index is 1.57. The van der Waals surface area contributed by atoms with Gasteiger partial charge < -0.3 is 19.8 Å². The van der Waals surface area contributed by atoms with Gasteiger partial charge in [-0.25, -0.2) is 4.98 Å². The van der Waals surface area contributed by atoms with Gasteiger partial charge in [0.05, 0.1) is 34.6 Å². The minimum Gasteiger partial charge on any atom is -0.467 e. The quantitative estimate of drug-likeness (QED) is 0.492. The van der Waals surface area contributed by atoms with Crippen LogP contribution in [0.3, 0.4) is 0 Å². The predicted molar refractivity (Wildman–Crippen MR) is 105 cm³/mol. The molecule has 0 spiro atoms. The van der Waals surface area contributed by atoms with E-state index in [0.717, 1.165) is 26.7 Å². The number of nitrogens with zero attached hydrogens (tertiary/aromatic N) is 4. The summed E-state index contributed by atoms with van der Waals surface area (Å²) in [4.78, 5) is 17.5. The van der Waals surface area contributed by atoms with Gasteiger partial charge in [-0.05, 0) is 44.2 Å². The highest BCUT2D eigenvalue weighted by atomic mass is 32.1. The summed E-state index contributed by atoms with van der Waals surface area (Å²) in [7, 11) is 0. The van der Waals surface area contributed by atoms with Crippen LogP contribution in [0.15, 0.2) is 41.0 Å². The number of fused-ring (bicyclic) bond motifs is 1. The van der Waals surface area contributed by atoms with Gasteiger partial charge >= 0.3 is 6.01 Å². The maximum absolute atomic E-state index is 5.46. The molecule has 4 aromatic rings. The van der Waals surface area contributed by atoms with Crippen LogP contribution in [0, 0.1) is 6.92 Å². The standard InChI is InChI=1S/C18H18N6O2S/c1-3-25-18-23-16(19-10-13-5-4-8-26-13)22-17(24-18)21-12-6-7-14-15(9-12)27-11(2)20-14/h4-9H,3,10H2,1-2H3,(H2,19,21,22,23,24). The molecule has 2 N–H and O–H groups in total. The average Bonchev–Trinajstić information content (AvgIpc) is 3.28. The molecule has 0 atom stereocenters. The first-order chi connectivity index (χ1) is 13.2. The van der Waals surface area contributed by atoms with Gasteiger partial charge in [0.2, 0.25) is 11.9 Å². The van der Waals surface area contributed by atoms with E-state index in [9.17, 15) is 0 Å². The normalized spacial score (nSPS) is 10.9. The molecule has 0 unspecified atom stereocenters. The van der Waals surface area contributed by atoms with Crippen LogP contribution in [-0.4, -0.2) is 26.5 Å². The topological polar surface area (TPSA) is 98.0 Å². The summed E-state index contributed by atoms with van der Waals surface area (Å²) in [6.07, 6.45) is 1.63. The Morgan fingerprint density at radius 3 is 2.81 bits per heavy atom. The van der Waals surface area contributed by atoms with E-state index in [0.29, 0.717) is 25.0 Å². The Bertz CT molecular complexity index is 1050. The largest absolute Gasteiger partial charge is 0.467 e. The number of anilines is 3. The van der Waals surface area contributed by atoms with Crippen LogP contribution in [0.2, 0.25) is 0 Å². The lowest BCUT2D eigenvalue weighted by molar-refractivity contribution is 0.312. The van der Waals surface area contributed by atoms with Crippen molar-refractivity contribution >= 4 is 39.1 Å². The number of furan rings is 1. The van der Waals surface area contributed by atoms with E-state index in [1.165, 1.54) is 0 Å². The summed E-state index contributed by atoms with van der Waals surface area (Å²) in [6.45, 7) is 4.81. The lowest BCUT2D eigenvalue weighted by Gasteiger charge is -2.10. The van der Waals surface area contributed by atoms with Gasteiger partial charge in [-0.2, -0.15) is 15.0 Å². The van der Waals surface area contributed by atoms with Crippen molar-refractivity contribution in [3.8, 4) is 6.01 Å². The van der Waals surface area contributed by atoms with Gasteiger partial charge in [0.15, 0.2) is 0 Å². The highest BCUT2D eigenvalue weighted by Gasteiger charge is 2.09. The van der Waals surface area contributed by atoms with Crippen LogP contribution in [-0.2, 0) is 6.54 Å². The Morgan fingerprint density at radius 1 is 1.11 bits per heavy atom. The van der Waals surface area contributed by atoms with Gasteiger partial charge in [-0.15, -0.1) is 11.3 Å². The fraction of sp³-hybridized carbons (Fsp3) is 0.222. The lowest BCUT2D eigenvalue weighted by Crippen LogP contribution is -2.09. The van der Waals surface area contributed by atoms with Crippen molar-refractivity contribution in [3.05, 3.63) is 47.4 Å². The molecule has 0 bridgehead atoms. The van der Waals surface area contributed by atoms with Crippen LogP contribution in [0.4, 0.5) is 17.6 Å². The molecule has 0 fully saturated rings. The third kappa shape index (κ3) is 4.14. The van der Waals surface area contributed by atoms with E-state index in [4.69, 9.17) is 9.15 Å². The van der Waals surface area contributed by atoms with Crippen LogP contribution < -0.4 is 15.4 Å². The zero-order chi connectivity index (χ0) is 18.6. The second kappa shape index (κ2) is 7.58. The second-order valence-corrected chi connectivity index (χ2v) is 6.91. The second-order valence-electron chi connectivity index (χ2n) is 5.67. The molecule has 0 radical (unpaired) electrons. The van der Waals surface area contributed by atoms with Crippen molar-refractivity contribution in [3.63, 3.8) is 0 Å². The summed E-state index contributed by atoms with van der Waals surface area (Å²) < 4.78 is 11.9. The fourth-order valence-electron chi connectivity index (χ4n) is 2.51. The van der Waals surface area contributed by atoms with E-state index in [-0.39, 0.29) is 6.01 Å². The zero-order valence-corrected chi connectivity index (χ0v) is 15.7. The van der Waals surface area contributed by atoms with Crippen molar-refractivity contribution in [2.75, 3.05) is 17.2 Å². The third-order valence-electron chi connectivity index (χ3n) is 3.64. The van der Waals surface area contributed by atoms with E-state index in [1.54, 1.807) is 17.6 Å². The number of hydrogen-bond donors (Lipinski definition) is 2. The number of aromatic nitrogens is 4. The smallest absolute Gasteiger partial charge is 0.323 e. The summed E-state index contributed by atoms with van der Waals surface area (Å²) >= 11 is 1.65. The Labute approximate surface area is 159 Å². The molecule has 27 heavy (non-hydrogen) atoms. The number of benzene rings is 1. The van der Waals surface area contributed by atoms with E-state index >= 15 is 0 Å². The molecule has 8 nitrogen and oxygen atoms in total. The molecule has 0 amide bonds. The molecule has 0 saturated heterocycles. The molecule has 9 heteroatoms. The summed E-state index contributed by atoms with van der Waals surface area (Å²) in [5, 5.41) is 7.36. The van der Waals surface area contributed by atoms with Crippen LogP contribution >= 0.6 is 11.3 Å². The SMILES string of the molecule is CCOc1nc(NCc2ccco2)nc(Nc2ccc3nc(C)sc3c2)n1. The van der Waals surface area contributed by atoms with Gasteiger partial charge in [0.1, 0.15) is 5.76 Å². The van der Waals surface area contributed by atoms with Crippen LogP contribution in [0.1, 0.15) is 17.7 Å². The minimum absolute atomic E-state index is 0.256. The number of aryl methyl sites for hydroxylation is 1. The minimum atomic E-state index is 0.256. The number of hydrogen-bond acceptors (Lipinski definition) is 9. The third-order valence-corrected chi connectivity index (χ3v) is 4.57. The molecule has 4 rings (SSSR count). The first-order valence-corrected chi connectivity index (χ1v) is 9.30. The van der Waals surface area contributed by atoms with E-state index in [2.05, 4.69) is 30.6 Å². The summed E-state index contributed by atoms with van der Waals surface area (Å²) in [5.74, 6) is 1.59. The lowest BCUT2D eigenvalue weighted by atomic mass is 10.3. The van der Waals surface area contributed by atoms with Crippen molar-refractivity contribution in [2.24, 2.45) is 0 Å². The number of thiazole rings is 1. The molecular formula is C18H18N6O2S. The van der Waals surface area contributed by atoms with Gasteiger partial charge in [0.25, 0.3) is 0 Å². The number of rotatable bonds is 7. The monoisotopic (exact) mass is 382 g/mol. The highest BCUT2D eigenvalue weighted by molar-refractivity contribution is 7.18.